The Morgan fingerprint density at radius 1 is 1.15 bits per heavy atom. The van der Waals surface area contributed by atoms with E-state index in [-0.39, 0.29) is 10.6 Å². The number of benzene rings is 2. The highest BCUT2D eigenvalue weighted by atomic mass is 79.9. The fraction of sp³-hybridized carbons (Fsp3) is 0.143. The molecule has 6 heteroatoms. The average Bonchev–Trinajstić information content (AvgIpc) is 2.44. The normalized spacial score (nSPS) is 12.4. The van der Waals surface area contributed by atoms with Crippen LogP contribution in [0.4, 0.5) is 4.39 Å². The van der Waals surface area contributed by atoms with Crippen LogP contribution in [0.5, 0.6) is 0 Å². The zero-order valence-electron chi connectivity index (χ0n) is 10.1. The molecule has 0 fully saturated rings. The molecule has 1 unspecified atom stereocenters. The van der Waals surface area contributed by atoms with E-state index < -0.39 is 11.9 Å². The molecule has 106 valence electrons. The highest BCUT2D eigenvalue weighted by molar-refractivity contribution is 9.10. The Kier molecular flexibility index (Phi) is 5.93. The van der Waals surface area contributed by atoms with Crippen LogP contribution in [0, 0.1) is 5.82 Å². The second kappa shape index (κ2) is 7.27. The largest absolute Gasteiger partial charge is 0.387 e. The molecule has 0 saturated carbocycles. The van der Waals surface area contributed by atoms with Gasteiger partial charge in [0.15, 0.2) is 0 Å². The van der Waals surface area contributed by atoms with E-state index in [0.29, 0.717) is 10.2 Å². The quantitative estimate of drug-likeness (QED) is 0.477. The van der Waals surface area contributed by atoms with Crippen LogP contribution in [-0.2, 0) is 0 Å². The number of hydrogen-bond acceptors (Lipinski definition) is 2. The summed E-state index contributed by atoms with van der Waals surface area (Å²) < 4.78 is 15.4. The van der Waals surface area contributed by atoms with Gasteiger partial charge in [-0.2, -0.15) is 0 Å². The third-order valence-electron chi connectivity index (χ3n) is 2.66. The summed E-state index contributed by atoms with van der Waals surface area (Å²) in [5, 5.41) is 10.1. The predicted octanol–water partition coefficient (Wildman–Crippen LogP) is 5.83. The molecular weight excluding hydrogens is 430 g/mol. The summed E-state index contributed by atoms with van der Waals surface area (Å²) in [6.07, 6.45) is -0.919. The zero-order valence-corrected chi connectivity index (χ0v) is 14.9. The Morgan fingerprint density at radius 3 is 2.55 bits per heavy atom. The lowest BCUT2D eigenvalue weighted by atomic mass is 10.1. The highest BCUT2D eigenvalue weighted by Gasteiger charge is 2.17. The molecule has 2 rings (SSSR count). The number of hydrogen-bond donors (Lipinski definition) is 1. The molecule has 0 heterocycles. The first-order valence-corrected chi connectivity index (χ1v) is 8.64. The third kappa shape index (κ3) is 3.77. The fourth-order valence-corrected chi connectivity index (χ4v) is 3.62. The van der Waals surface area contributed by atoms with Crippen molar-refractivity contribution in [3.05, 3.63) is 61.7 Å². The first-order chi connectivity index (χ1) is 9.50. The number of thioether (sulfide) groups is 1. The van der Waals surface area contributed by atoms with E-state index in [4.69, 9.17) is 11.6 Å². The minimum Gasteiger partial charge on any atom is -0.387 e. The Balaban J connectivity index is 2.11. The summed E-state index contributed by atoms with van der Waals surface area (Å²) >= 11 is 13.9. The fourth-order valence-electron chi connectivity index (χ4n) is 1.62. The van der Waals surface area contributed by atoms with E-state index in [0.717, 1.165) is 9.37 Å². The van der Waals surface area contributed by atoms with Gasteiger partial charge in [0.05, 0.1) is 11.1 Å². The molecule has 0 amide bonds. The van der Waals surface area contributed by atoms with Gasteiger partial charge in [-0.3, -0.25) is 0 Å². The topological polar surface area (TPSA) is 20.2 Å². The lowest BCUT2D eigenvalue weighted by molar-refractivity contribution is 0.199. The van der Waals surface area contributed by atoms with Gasteiger partial charge in [-0.1, -0.05) is 29.8 Å². The summed E-state index contributed by atoms with van der Waals surface area (Å²) in [6, 6.07) is 10.9. The van der Waals surface area contributed by atoms with Gasteiger partial charge in [-0.25, -0.2) is 4.39 Å². The van der Waals surface area contributed by atoms with E-state index in [1.165, 1.54) is 17.8 Å². The first kappa shape index (κ1) is 16.3. The van der Waals surface area contributed by atoms with E-state index in [9.17, 15) is 9.50 Å². The van der Waals surface area contributed by atoms with E-state index in [2.05, 4.69) is 31.9 Å². The smallest absolute Gasteiger partial charge is 0.148 e. The standard InChI is InChI=1S/C14H10Br2ClFOS/c15-9-3-1-2-4-12(9)20-7-11(19)8-5-6-10(16)13(17)14(8)18/h1-6,11,19H,7H2. The molecule has 0 aromatic heterocycles. The zero-order chi connectivity index (χ0) is 14.7. The van der Waals surface area contributed by atoms with Crippen LogP contribution >= 0.6 is 55.2 Å². The second-order valence-electron chi connectivity index (χ2n) is 4.02. The van der Waals surface area contributed by atoms with Gasteiger partial charge in [0, 0.05) is 25.2 Å². The van der Waals surface area contributed by atoms with Crippen LogP contribution in [0.1, 0.15) is 11.7 Å². The molecule has 2 aromatic rings. The minimum atomic E-state index is -0.919. The molecule has 1 atom stereocenters. The van der Waals surface area contributed by atoms with Gasteiger partial charge in [0.2, 0.25) is 0 Å². The van der Waals surface area contributed by atoms with Crippen LogP contribution in [-0.4, -0.2) is 10.9 Å². The molecule has 0 bridgehead atoms. The van der Waals surface area contributed by atoms with Crippen LogP contribution < -0.4 is 0 Å². The Labute approximate surface area is 142 Å². The van der Waals surface area contributed by atoms with Crippen LogP contribution in [0.3, 0.4) is 0 Å². The third-order valence-corrected chi connectivity index (χ3v) is 6.02. The molecule has 1 N–H and O–H groups in total. The van der Waals surface area contributed by atoms with Crippen molar-refractivity contribution < 1.29 is 9.50 Å². The number of rotatable bonds is 4. The van der Waals surface area contributed by atoms with E-state index in [1.807, 2.05) is 24.3 Å². The molecule has 0 spiro atoms. The van der Waals surface area contributed by atoms with Crippen molar-refractivity contribution >= 4 is 55.2 Å². The van der Waals surface area contributed by atoms with Gasteiger partial charge in [0.1, 0.15) is 5.82 Å². The minimum absolute atomic E-state index is 0.00700. The monoisotopic (exact) mass is 438 g/mol. The molecule has 0 saturated heterocycles. The highest BCUT2D eigenvalue weighted by Crippen LogP contribution is 2.34. The van der Waals surface area contributed by atoms with Crippen molar-refractivity contribution in [2.75, 3.05) is 5.75 Å². The maximum absolute atomic E-state index is 14.0. The molecule has 2 aromatic carbocycles. The van der Waals surface area contributed by atoms with Gasteiger partial charge in [-0.15, -0.1) is 11.8 Å². The molecule has 0 aliphatic heterocycles. The predicted molar refractivity (Wildman–Crippen MR) is 88.9 cm³/mol. The van der Waals surface area contributed by atoms with Crippen LogP contribution in [0.25, 0.3) is 0 Å². The van der Waals surface area contributed by atoms with Gasteiger partial charge >= 0.3 is 0 Å². The summed E-state index contributed by atoms with van der Waals surface area (Å²) in [6.45, 7) is 0. The van der Waals surface area contributed by atoms with Crippen molar-refractivity contribution in [1.29, 1.82) is 0 Å². The maximum Gasteiger partial charge on any atom is 0.148 e. The molecule has 0 aliphatic rings. The molecule has 0 radical (unpaired) electrons. The van der Waals surface area contributed by atoms with E-state index in [1.54, 1.807) is 6.07 Å². The van der Waals surface area contributed by atoms with Crippen molar-refractivity contribution in [1.82, 2.24) is 0 Å². The van der Waals surface area contributed by atoms with Crippen molar-refractivity contribution in [3.63, 3.8) is 0 Å². The number of aliphatic hydroxyl groups is 1. The molecule has 0 aliphatic carbocycles. The van der Waals surface area contributed by atoms with Gasteiger partial charge in [0.25, 0.3) is 0 Å². The summed E-state index contributed by atoms with van der Waals surface area (Å²) in [7, 11) is 0. The van der Waals surface area contributed by atoms with Crippen LogP contribution in [0.15, 0.2) is 50.2 Å². The molecule has 20 heavy (non-hydrogen) atoms. The van der Waals surface area contributed by atoms with E-state index >= 15 is 0 Å². The van der Waals surface area contributed by atoms with Crippen molar-refractivity contribution in [3.8, 4) is 0 Å². The van der Waals surface area contributed by atoms with Gasteiger partial charge < -0.3 is 5.11 Å². The lowest BCUT2D eigenvalue weighted by Gasteiger charge is -2.13. The Hall–Kier alpha value is -0.0700. The van der Waals surface area contributed by atoms with Gasteiger partial charge in [-0.05, 0) is 50.1 Å². The molecular formula is C14H10Br2ClFOS. The number of halogens is 4. The van der Waals surface area contributed by atoms with Crippen molar-refractivity contribution in [2.24, 2.45) is 0 Å². The number of aliphatic hydroxyl groups excluding tert-OH is 1. The SMILES string of the molecule is OC(CSc1ccccc1Br)c1ccc(Br)c(Cl)c1F. The van der Waals surface area contributed by atoms with Crippen molar-refractivity contribution in [2.45, 2.75) is 11.0 Å². The average molecular weight is 441 g/mol. The summed E-state index contributed by atoms with van der Waals surface area (Å²) in [5.41, 5.74) is 0.206. The second-order valence-corrected chi connectivity index (χ2v) is 7.17. The lowest BCUT2D eigenvalue weighted by Crippen LogP contribution is -2.04. The Morgan fingerprint density at radius 2 is 1.85 bits per heavy atom. The molecule has 1 nitrogen and oxygen atoms in total. The first-order valence-electron chi connectivity index (χ1n) is 5.69. The summed E-state index contributed by atoms with van der Waals surface area (Å²) in [4.78, 5) is 0.996. The summed E-state index contributed by atoms with van der Waals surface area (Å²) in [5.74, 6) is -0.237. The Bertz CT molecular complexity index is 624. The van der Waals surface area contributed by atoms with Crippen LogP contribution in [0.2, 0.25) is 5.02 Å². The maximum atomic E-state index is 14.0.